The number of hydrogen-bond acceptors (Lipinski definition) is 8. The van der Waals surface area contributed by atoms with Gasteiger partial charge in [-0.2, -0.15) is 19.9 Å². The molecule has 0 aliphatic heterocycles. The lowest BCUT2D eigenvalue weighted by Crippen LogP contribution is -2.08. The van der Waals surface area contributed by atoms with E-state index in [2.05, 4.69) is 30.4 Å². The zero-order valence-electron chi connectivity index (χ0n) is 14.0. The van der Waals surface area contributed by atoms with Gasteiger partial charge in [0.05, 0.1) is 6.42 Å². The molecule has 27 heavy (non-hydrogen) atoms. The van der Waals surface area contributed by atoms with E-state index >= 15 is 0 Å². The van der Waals surface area contributed by atoms with Crippen LogP contribution >= 0.6 is 0 Å². The summed E-state index contributed by atoms with van der Waals surface area (Å²) in [6.45, 7) is 0. The molecule has 9 heteroatoms. The van der Waals surface area contributed by atoms with Crippen LogP contribution in [0.15, 0.2) is 59.1 Å². The maximum atomic E-state index is 13.0. The molecule has 2 aromatic carbocycles. The van der Waals surface area contributed by atoms with Crippen molar-refractivity contribution in [2.24, 2.45) is 0 Å². The van der Waals surface area contributed by atoms with Crippen LogP contribution in [0.4, 0.5) is 22.0 Å². The van der Waals surface area contributed by atoms with E-state index in [4.69, 9.17) is 10.3 Å². The van der Waals surface area contributed by atoms with Crippen molar-refractivity contribution in [3.8, 4) is 11.5 Å². The van der Waals surface area contributed by atoms with Gasteiger partial charge in [0, 0.05) is 11.3 Å². The first kappa shape index (κ1) is 16.6. The first-order valence-corrected chi connectivity index (χ1v) is 8.07. The highest BCUT2D eigenvalue weighted by Crippen LogP contribution is 2.18. The molecule has 0 spiro atoms. The predicted octanol–water partition coefficient (Wildman–Crippen LogP) is 2.98. The lowest BCUT2D eigenvalue weighted by atomic mass is 10.2. The molecular weight excluding hydrogens is 349 g/mol. The average molecular weight is 363 g/mol. The fraction of sp³-hybridized carbons (Fsp3) is 0.0556. The van der Waals surface area contributed by atoms with Crippen LogP contribution in [-0.4, -0.2) is 25.1 Å². The largest absolute Gasteiger partial charge is 0.368 e. The number of anilines is 3. The minimum atomic E-state index is -0.336. The quantitative estimate of drug-likeness (QED) is 0.556. The Morgan fingerprint density at radius 3 is 2.44 bits per heavy atom. The van der Waals surface area contributed by atoms with E-state index in [-0.39, 0.29) is 24.1 Å². The summed E-state index contributed by atoms with van der Waals surface area (Å²) in [5.74, 6) is 1.14. The molecule has 2 aromatic heterocycles. The Morgan fingerprint density at radius 2 is 1.67 bits per heavy atom. The number of hydrogen-bond donors (Lipinski definition) is 2. The molecule has 3 N–H and O–H groups in total. The van der Waals surface area contributed by atoms with Crippen LogP contribution < -0.4 is 11.1 Å². The van der Waals surface area contributed by atoms with E-state index in [1.807, 2.05) is 30.3 Å². The Kier molecular flexibility index (Phi) is 4.40. The molecule has 0 fully saturated rings. The molecule has 4 rings (SSSR count). The Hall–Kier alpha value is -3.88. The van der Waals surface area contributed by atoms with Gasteiger partial charge in [-0.1, -0.05) is 23.4 Å². The molecule has 0 bridgehead atoms. The van der Waals surface area contributed by atoms with Crippen LogP contribution in [0.3, 0.4) is 0 Å². The molecular formula is C18H14FN7O. The smallest absolute Gasteiger partial charge is 0.257 e. The van der Waals surface area contributed by atoms with Crippen molar-refractivity contribution in [3.05, 3.63) is 72.1 Å². The van der Waals surface area contributed by atoms with Gasteiger partial charge in [0.25, 0.3) is 5.89 Å². The third-order valence-corrected chi connectivity index (χ3v) is 3.60. The Labute approximate surface area is 153 Å². The summed E-state index contributed by atoms with van der Waals surface area (Å²) in [4.78, 5) is 16.8. The van der Waals surface area contributed by atoms with Crippen molar-refractivity contribution in [1.29, 1.82) is 0 Å². The molecule has 2 heterocycles. The first-order chi connectivity index (χ1) is 13.2. The van der Waals surface area contributed by atoms with Gasteiger partial charge in [0.15, 0.2) is 5.82 Å². The van der Waals surface area contributed by atoms with E-state index in [1.54, 1.807) is 12.1 Å². The van der Waals surface area contributed by atoms with Gasteiger partial charge >= 0.3 is 0 Å². The van der Waals surface area contributed by atoms with Gasteiger partial charge in [-0.3, -0.25) is 0 Å². The van der Waals surface area contributed by atoms with E-state index in [9.17, 15) is 4.39 Å². The second-order valence-electron chi connectivity index (χ2n) is 5.62. The number of benzene rings is 2. The number of nitrogen functional groups attached to an aromatic ring is 1. The Balaban J connectivity index is 1.53. The number of halogens is 1. The summed E-state index contributed by atoms with van der Waals surface area (Å²) < 4.78 is 18.2. The van der Waals surface area contributed by atoms with Crippen LogP contribution in [0.1, 0.15) is 11.6 Å². The summed E-state index contributed by atoms with van der Waals surface area (Å²) in [5.41, 5.74) is 7.22. The van der Waals surface area contributed by atoms with Crippen molar-refractivity contribution < 1.29 is 8.91 Å². The topological polar surface area (TPSA) is 116 Å². The predicted molar refractivity (Wildman–Crippen MR) is 96.5 cm³/mol. The van der Waals surface area contributed by atoms with Crippen LogP contribution in [0.25, 0.3) is 11.5 Å². The van der Waals surface area contributed by atoms with Crippen molar-refractivity contribution in [2.75, 3.05) is 11.1 Å². The lowest BCUT2D eigenvalue weighted by molar-refractivity contribution is 0.423. The number of rotatable bonds is 5. The summed E-state index contributed by atoms with van der Waals surface area (Å²) >= 11 is 0. The van der Waals surface area contributed by atoms with E-state index < -0.39 is 0 Å². The molecule has 0 radical (unpaired) electrons. The van der Waals surface area contributed by atoms with E-state index in [1.165, 1.54) is 12.1 Å². The van der Waals surface area contributed by atoms with Gasteiger partial charge in [-0.05, 0) is 36.4 Å². The molecule has 0 aliphatic carbocycles. The second-order valence-corrected chi connectivity index (χ2v) is 5.62. The number of nitrogens with one attached hydrogen (secondary N) is 1. The van der Waals surface area contributed by atoms with Gasteiger partial charge < -0.3 is 15.6 Å². The van der Waals surface area contributed by atoms with Gasteiger partial charge in [-0.15, -0.1) is 0 Å². The zero-order chi connectivity index (χ0) is 18.6. The standard InChI is InChI=1S/C18H14FN7O/c19-12-8-6-11(7-9-12)16-22-15(26-27-16)10-14-23-17(20)25-18(24-14)21-13-4-2-1-3-5-13/h1-9H,10H2,(H3,20,21,23,24,25). The molecule has 134 valence electrons. The Morgan fingerprint density at radius 1 is 0.889 bits per heavy atom. The van der Waals surface area contributed by atoms with Crippen molar-refractivity contribution >= 4 is 17.6 Å². The molecule has 0 saturated carbocycles. The molecule has 4 aromatic rings. The van der Waals surface area contributed by atoms with Gasteiger partial charge in [0.1, 0.15) is 11.6 Å². The molecule has 0 amide bonds. The van der Waals surface area contributed by atoms with Crippen LogP contribution in [-0.2, 0) is 6.42 Å². The highest BCUT2D eigenvalue weighted by atomic mass is 19.1. The summed E-state index contributed by atoms with van der Waals surface area (Å²) in [6.07, 6.45) is 0.209. The van der Waals surface area contributed by atoms with Crippen molar-refractivity contribution in [3.63, 3.8) is 0 Å². The van der Waals surface area contributed by atoms with Gasteiger partial charge in [0.2, 0.25) is 11.9 Å². The van der Waals surface area contributed by atoms with E-state index in [0.29, 0.717) is 23.2 Å². The van der Waals surface area contributed by atoms with Crippen LogP contribution in [0.5, 0.6) is 0 Å². The molecule has 8 nitrogen and oxygen atoms in total. The maximum Gasteiger partial charge on any atom is 0.257 e. The van der Waals surface area contributed by atoms with Crippen molar-refractivity contribution in [1.82, 2.24) is 25.1 Å². The number of nitrogens with zero attached hydrogens (tertiary/aromatic N) is 5. The minimum absolute atomic E-state index is 0.0840. The fourth-order valence-corrected chi connectivity index (χ4v) is 2.40. The molecule has 0 unspecified atom stereocenters. The molecule has 0 saturated heterocycles. The van der Waals surface area contributed by atoms with Crippen LogP contribution in [0, 0.1) is 5.82 Å². The third kappa shape index (κ3) is 4.03. The first-order valence-electron chi connectivity index (χ1n) is 8.07. The molecule has 0 atom stereocenters. The van der Waals surface area contributed by atoms with Crippen molar-refractivity contribution in [2.45, 2.75) is 6.42 Å². The van der Waals surface area contributed by atoms with Crippen LogP contribution in [0.2, 0.25) is 0 Å². The highest BCUT2D eigenvalue weighted by molar-refractivity contribution is 5.54. The summed E-state index contributed by atoms with van der Waals surface area (Å²) in [6, 6.07) is 15.2. The summed E-state index contributed by atoms with van der Waals surface area (Å²) in [5, 5.41) is 6.98. The normalized spacial score (nSPS) is 10.7. The highest BCUT2D eigenvalue weighted by Gasteiger charge is 2.12. The minimum Gasteiger partial charge on any atom is -0.368 e. The monoisotopic (exact) mass is 363 g/mol. The average Bonchev–Trinajstić information content (AvgIpc) is 3.11. The number of nitrogens with two attached hydrogens (primary N) is 1. The number of aromatic nitrogens is 5. The lowest BCUT2D eigenvalue weighted by Gasteiger charge is -2.06. The molecule has 0 aliphatic rings. The second kappa shape index (κ2) is 7.16. The van der Waals surface area contributed by atoms with Gasteiger partial charge in [-0.25, -0.2) is 4.39 Å². The Bertz CT molecular complexity index is 1050. The number of para-hydroxylation sites is 1. The summed E-state index contributed by atoms with van der Waals surface area (Å²) in [7, 11) is 0. The maximum absolute atomic E-state index is 13.0. The van der Waals surface area contributed by atoms with E-state index in [0.717, 1.165) is 5.69 Å². The third-order valence-electron chi connectivity index (χ3n) is 3.60. The SMILES string of the molecule is Nc1nc(Cc2noc(-c3ccc(F)cc3)n2)nc(Nc2ccccc2)n1. The fourth-order valence-electron chi connectivity index (χ4n) is 2.40. The zero-order valence-corrected chi connectivity index (χ0v) is 14.0.